The van der Waals surface area contributed by atoms with Crippen molar-refractivity contribution in [2.45, 2.75) is 33.2 Å². The lowest BCUT2D eigenvalue weighted by Gasteiger charge is -2.11. The third kappa shape index (κ3) is 6.38. The summed E-state index contributed by atoms with van der Waals surface area (Å²) in [6.07, 6.45) is 2.50. The second-order valence-corrected chi connectivity index (χ2v) is 6.24. The number of carbonyl (C=O) groups is 1. The molecule has 0 unspecified atom stereocenters. The summed E-state index contributed by atoms with van der Waals surface area (Å²) in [5.41, 5.74) is 7.01. The minimum Gasteiger partial charge on any atom is -0.512 e. The molecule has 0 fully saturated rings. The SMILES string of the molecule is CCOC(=O)Cc1cc(F)ccc1O/C(F)=C/C(=C(/O)CC)c1ccnc(CN)c1. The number of hydrogen-bond donors (Lipinski definition) is 2. The number of nitrogens with two attached hydrogens (primary N) is 1. The second-order valence-electron chi connectivity index (χ2n) is 6.24. The molecule has 0 bridgehead atoms. The fourth-order valence-corrected chi connectivity index (χ4v) is 2.68. The highest BCUT2D eigenvalue weighted by Crippen LogP contribution is 2.27. The van der Waals surface area contributed by atoms with Crippen LogP contribution in [0, 0.1) is 5.82 Å². The molecule has 0 saturated carbocycles. The number of ether oxygens (including phenoxy) is 2. The first-order valence-corrected chi connectivity index (χ1v) is 9.44. The van der Waals surface area contributed by atoms with Gasteiger partial charge in [-0.2, -0.15) is 4.39 Å². The fraction of sp³-hybridized carbons (Fsp3) is 0.273. The smallest absolute Gasteiger partial charge is 0.310 e. The summed E-state index contributed by atoms with van der Waals surface area (Å²) in [5, 5.41) is 10.3. The highest BCUT2D eigenvalue weighted by molar-refractivity contribution is 5.76. The van der Waals surface area contributed by atoms with E-state index in [9.17, 15) is 18.7 Å². The van der Waals surface area contributed by atoms with Crippen LogP contribution < -0.4 is 10.5 Å². The van der Waals surface area contributed by atoms with E-state index in [4.69, 9.17) is 15.2 Å². The maximum absolute atomic E-state index is 14.7. The van der Waals surface area contributed by atoms with Crippen LogP contribution in [0.1, 0.15) is 37.1 Å². The predicted octanol–water partition coefficient (Wildman–Crippen LogP) is 4.35. The van der Waals surface area contributed by atoms with Crippen LogP contribution in [0.15, 0.2) is 54.4 Å². The van der Waals surface area contributed by atoms with E-state index < -0.39 is 17.8 Å². The van der Waals surface area contributed by atoms with Crippen molar-refractivity contribution >= 4 is 11.5 Å². The molecule has 0 saturated heterocycles. The molecule has 1 heterocycles. The summed E-state index contributed by atoms with van der Waals surface area (Å²) < 4.78 is 38.4. The number of pyridine rings is 1. The molecule has 1 aromatic heterocycles. The van der Waals surface area contributed by atoms with Crippen LogP contribution in [0.4, 0.5) is 8.78 Å². The van der Waals surface area contributed by atoms with E-state index in [0.29, 0.717) is 11.3 Å². The van der Waals surface area contributed by atoms with Gasteiger partial charge in [-0.25, -0.2) is 4.39 Å². The number of allylic oxidation sites excluding steroid dienone is 3. The standard InChI is InChI=1S/C22H24F2N2O4/c1-3-19(27)18(14-7-8-26-17(10-14)13-25)12-21(24)30-20-6-5-16(23)9-15(20)11-22(28)29-4-2/h5-10,12,27H,3-4,11,13,25H2,1-2H3/b19-18-,21-12+. The van der Waals surface area contributed by atoms with Crippen LogP contribution >= 0.6 is 0 Å². The zero-order valence-corrected chi connectivity index (χ0v) is 16.8. The van der Waals surface area contributed by atoms with Gasteiger partial charge in [-0.15, -0.1) is 0 Å². The Labute approximate surface area is 173 Å². The van der Waals surface area contributed by atoms with Crippen molar-refractivity contribution in [2.75, 3.05) is 6.61 Å². The van der Waals surface area contributed by atoms with Crippen molar-refractivity contribution < 1.29 is 28.2 Å². The van der Waals surface area contributed by atoms with Crippen molar-refractivity contribution in [3.63, 3.8) is 0 Å². The second kappa shape index (κ2) is 11.1. The first-order valence-electron chi connectivity index (χ1n) is 9.44. The summed E-state index contributed by atoms with van der Waals surface area (Å²) in [6.45, 7) is 3.71. The summed E-state index contributed by atoms with van der Waals surface area (Å²) >= 11 is 0. The molecule has 0 aliphatic rings. The van der Waals surface area contributed by atoms with Gasteiger partial charge >= 0.3 is 5.97 Å². The Morgan fingerprint density at radius 3 is 2.70 bits per heavy atom. The summed E-state index contributed by atoms with van der Waals surface area (Å²) in [7, 11) is 0. The van der Waals surface area contributed by atoms with Crippen molar-refractivity contribution in [2.24, 2.45) is 5.73 Å². The van der Waals surface area contributed by atoms with Gasteiger partial charge in [0.15, 0.2) is 0 Å². The van der Waals surface area contributed by atoms with Crippen molar-refractivity contribution in [1.29, 1.82) is 0 Å². The van der Waals surface area contributed by atoms with E-state index in [1.807, 2.05) is 0 Å². The maximum Gasteiger partial charge on any atom is 0.310 e. The van der Waals surface area contributed by atoms with Crippen LogP contribution in [0.2, 0.25) is 0 Å². The molecule has 2 aromatic rings. The lowest BCUT2D eigenvalue weighted by atomic mass is 10.0. The van der Waals surface area contributed by atoms with E-state index in [-0.39, 0.29) is 48.6 Å². The molecular formula is C22H24F2N2O4. The van der Waals surface area contributed by atoms with Gasteiger partial charge in [0.2, 0.25) is 0 Å². The molecule has 0 radical (unpaired) electrons. The summed E-state index contributed by atoms with van der Waals surface area (Å²) in [6, 6.07) is 5.58. The molecule has 0 aliphatic heterocycles. The van der Waals surface area contributed by atoms with Gasteiger partial charge < -0.3 is 20.3 Å². The number of aliphatic hydroxyl groups is 1. The molecule has 6 nitrogen and oxygen atoms in total. The first kappa shape index (κ1) is 23.0. The Bertz CT molecular complexity index is 958. The van der Waals surface area contributed by atoms with Crippen LogP contribution in [0.3, 0.4) is 0 Å². The Kier molecular flexibility index (Phi) is 8.49. The predicted molar refractivity (Wildman–Crippen MR) is 109 cm³/mol. The van der Waals surface area contributed by atoms with E-state index in [1.54, 1.807) is 26.0 Å². The van der Waals surface area contributed by atoms with Crippen molar-refractivity contribution in [3.05, 3.63) is 77.0 Å². The van der Waals surface area contributed by atoms with Crippen LogP contribution in [-0.2, 0) is 22.5 Å². The number of halogens is 2. The topological polar surface area (TPSA) is 94.7 Å². The van der Waals surface area contributed by atoms with E-state index in [1.165, 1.54) is 12.3 Å². The van der Waals surface area contributed by atoms with Crippen molar-refractivity contribution in [1.82, 2.24) is 4.98 Å². The molecule has 1 aromatic carbocycles. The maximum atomic E-state index is 14.7. The summed E-state index contributed by atoms with van der Waals surface area (Å²) in [4.78, 5) is 15.8. The third-order valence-electron chi connectivity index (χ3n) is 4.11. The number of benzene rings is 1. The number of carbonyl (C=O) groups excluding carboxylic acids is 1. The molecule has 3 N–H and O–H groups in total. The average Bonchev–Trinajstić information content (AvgIpc) is 2.73. The highest BCUT2D eigenvalue weighted by atomic mass is 19.1. The number of hydrogen-bond acceptors (Lipinski definition) is 6. The molecular weight excluding hydrogens is 394 g/mol. The minimum atomic E-state index is -1.05. The average molecular weight is 418 g/mol. The molecule has 30 heavy (non-hydrogen) atoms. The van der Waals surface area contributed by atoms with E-state index in [2.05, 4.69) is 4.98 Å². The van der Waals surface area contributed by atoms with Gasteiger partial charge in [0.05, 0.1) is 24.5 Å². The molecule has 0 aliphatic carbocycles. The Morgan fingerprint density at radius 2 is 2.03 bits per heavy atom. The lowest BCUT2D eigenvalue weighted by molar-refractivity contribution is -0.142. The molecule has 8 heteroatoms. The molecule has 0 spiro atoms. The molecule has 0 amide bonds. The monoisotopic (exact) mass is 418 g/mol. The normalized spacial score (nSPS) is 12.4. The van der Waals surface area contributed by atoms with Crippen LogP contribution in [0.5, 0.6) is 5.75 Å². The third-order valence-corrected chi connectivity index (χ3v) is 4.11. The minimum absolute atomic E-state index is 0.0362. The van der Waals surface area contributed by atoms with E-state index >= 15 is 0 Å². The van der Waals surface area contributed by atoms with E-state index in [0.717, 1.165) is 18.2 Å². The molecule has 2 rings (SSSR count). The Hall–Kier alpha value is -3.26. The fourth-order valence-electron chi connectivity index (χ4n) is 2.68. The number of rotatable bonds is 9. The quantitative estimate of drug-likeness (QED) is 0.357. The van der Waals surface area contributed by atoms with Gasteiger partial charge in [0, 0.05) is 36.4 Å². The van der Waals surface area contributed by atoms with Crippen LogP contribution in [0.25, 0.3) is 5.57 Å². The largest absolute Gasteiger partial charge is 0.512 e. The van der Waals surface area contributed by atoms with Gasteiger partial charge in [-0.3, -0.25) is 9.78 Å². The van der Waals surface area contributed by atoms with Crippen LogP contribution in [-0.4, -0.2) is 22.7 Å². The first-order chi connectivity index (χ1) is 14.4. The zero-order chi connectivity index (χ0) is 22.1. The number of nitrogens with zero attached hydrogens (tertiary/aromatic N) is 1. The molecule has 160 valence electrons. The number of aromatic nitrogens is 1. The Balaban J connectivity index is 2.36. The van der Waals surface area contributed by atoms with Gasteiger partial charge in [0.25, 0.3) is 6.01 Å². The Morgan fingerprint density at radius 1 is 1.27 bits per heavy atom. The van der Waals surface area contributed by atoms with Crippen molar-refractivity contribution in [3.8, 4) is 5.75 Å². The molecule has 0 atom stereocenters. The zero-order valence-electron chi connectivity index (χ0n) is 16.8. The number of aliphatic hydroxyl groups excluding tert-OH is 1. The lowest BCUT2D eigenvalue weighted by Crippen LogP contribution is -2.09. The summed E-state index contributed by atoms with van der Waals surface area (Å²) in [5.74, 6) is -1.28. The van der Waals surface area contributed by atoms with Gasteiger partial charge in [-0.1, -0.05) is 6.92 Å². The number of esters is 1. The van der Waals surface area contributed by atoms with Gasteiger partial charge in [0.1, 0.15) is 11.6 Å². The highest BCUT2D eigenvalue weighted by Gasteiger charge is 2.15. The van der Waals surface area contributed by atoms with Gasteiger partial charge in [-0.05, 0) is 42.8 Å².